The summed E-state index contributed by atoms with van der Waals surface area (Å²) in [4.78, 5) is 4.36. The summed E-state index contributed by atoms with van der Waals surface area (Å²) in [7, 11) is 0. The smallest absolute Gasteiger partial charge is 0.108 e. The summed E-state index contributed by atoms with van der Waals surface area (Å²) in [5, 5.41) is 3.59. The first kappa shape index (κ1) is 10.7. The Morgan fingerprint density at radius 1 is 1.53 bits per heavy atom. The SMILES string of the molecule is CCNC(Cn1ccnc1CC)C1CC1. The Kier molecular flexibility index (Phi) is 3.41. The number of hydrogen-bond acceptors (Lipinski definition) is 2. The van der Waals surface area contributed by atoms with Gasteiger partial charge in [0.2, 0.25) is 0 Å². The van der Waals surface area contributed by atoms with Crippen LogP contribution in [-0.2, 0) is 13.0 Å². The predicted octanol–water partition coefficient (Wildman–Crippen LogP) is 1.83. The molecule has 15 heavy (non-hydrogen) atoms. The maximum Gasteiger partial charge on any atom is 0.108 e. The van der Waals surface area contributed by atoms with E-state index in [1.807, 2.05) is 6.20 Å². The molecule has 1 aliphatic rings. The predicted molar refractivity (Wildman–Crippen MR) is 61.8 cm³/mol. The number of imidazole rings is 1. The fraction of sp³-hybridized carbons (Fsp3) is 0.750. The molecule has 1 aromatic heterocycles. The monoisotopic (exact) mass is 207 g/mol. The van der Waals surface area contributed by atoms with Crippen LogP contribution in [0.25, 0.3) is 0 Å². The molecule has 0 saturated heterocycles. The van der Waals surface area contributed by atoms with E-state index in [0.717, 1.165) is 25.4 Å². The van der Waals surface area contributed by atoms with Crippen molar-refractivity contribution in [2.45, 2.75) is 45.7 Å². The molecule has 1 saturated carbocycles. The molecule has 2 rings (SSSR count). The van der Waals surface area contributed by atoms with Crippen molar-refractivity contribution < 1.29 is 0 Å². The first-order valence-corrected chi connectivity index (χ1v) is 6.08. The lowest BCUT2D eigenvalue weighted by Gasteiger charge is -2.18. The molecular formula is C12H21N3. The fourth-order valence-corrected chi connectivity index (χ4v) is 2.17. The molecule has 1 unspecified atom stereocenters. The molecular weight excluding hydrogens is 186 g/mol. The van der Waals surface area contributed by atoms with Gasteiger partial charge < -0.3 is 9.88 Å². The van der Waals surface area contributed by atoms with Gasteiger partial charge in [-0.3, -0.25) is 0 Å². The first-order valence-electron chi connectivity index (χ1n) is 6.08. The van der Waals surface area contributed by atoms with E-state index in [4.69, 9.17) is 0 Å². The summed E-state index contributed by atoms with van der Waals surface area (Å²) >= 11 is 0. The highest BCUT2D eigenvalue weighted by molar-refractivity contribution is 4.95. The van der Waals surface area contributed by atoms with Gasteiger partial charge in [0.1, 0.15) is 5.82 Å². The Morgan fingerprint density at radius 3 is 2.93 bits per heavy atom. The van der Waals surface area contributed by atoms with Crippen molar-refractivity contribution in [3.63, 3.8) is 0 Å². The van der Waals surface area contributed by atoms with Crippen molar-refractivity contribution in [1.82, 2.24) is 14.9 Å². The quantitative estimate of drug-likeness (QED) is 0.771. The van der Waals surface area contributed by atoms with E-state index in [1.54, 1.807) is 0 Å². The Labute approximate surface area is 91.9 Å². The standard InChI is InChI=1S/C12H21N3/c1-3-12-14-7-8-15(12)9-11(13-4-2)10-5-6-10/h7-8,10-11,13H,3-6,9H2,1-2H3. The van der Waals surface area contributed by atoms with Crippen molar-refractivity contribution in [3.05, 3.63) is 18.2 Å². The van der Waals surface area contributed by atoms with Crippen LogP contribution in [-0.4, -0.2) is 22.1 Å². The Hall–Kier alpha value is -0.830. The lowest BCUT2D eigenvalue weighted by Crippen LogP contribution is -2.35. The van der Waals surface area contributed by atoms with Crippen LogP contribution in [0.15, 0.2) is 12.4 Å². The third-order valence-electron chi connectivity index (χ3n) is 3.17. The molecule has 84 valence electrons. The van der Waals surface area contributed by atoms with Crippen LogP contribution in [0, 0.1) is 5.92 Å². The van der Waals surface area contributed by atoms with Crippen LogP contribution in [0.5, 0.6) is 0 Å². The molecule has 1 heterocycles. The average Bonchev–Trinajstić information content (AvgIpc) is 2.99. The zero-order valence-electron chi connectivity index (χ0n) is 9.74. The number of aromatic nitrogens is 2. The van der Waals surface area contributed by atoms with Gasteiger partial charge in [0.05, 0.1) is 0 Å². The van der Waals surface area contributed by atoms with Gasteiger partial charge in [0, 0.05) is 31.4 Å². The summed E-state index contributed by atoms with van der Waals surface area (Å²) < 4.78 is 2.30. The lowest BCUT2D eigenvalue weighted by molar-refractivity contribution is 0.410. The van der Waals surface area contributed by atoms with Gasteiger partial charge in [-0.2, -0.15) is 0 Å². The van der Waals surface area contributed by atoms with E-state index in [0.29, 0.717) is 6.04 Å². The highest BCUT2D eigenvalue weighted by Gasteiger charge is 2.30. The molecule has 0 aliphatic heterocycles. The lowest BCUT2D eigenvalue weighted by atomic mass is 10.2. The fourth-order valence-electron chi connectivity index (χ4n) is 2.17. The number of nitrogens with zero attached hydrogens (tertiary/aromatic N) is 2. The summed E-state index contributed by atoms with van der Waals surface area (Å²) in [6.07, 6.45) is 7.83. The van der Waals surface area contributed by atoms with Gasteiger partial charge in [0.15, 0.2) is 0 Å². The zero-order chi connectivity index (χ0) is 10.7. The Bertz CT molecular complexity index is 302. The average molecular weight is 207 g/mol. The van der Waals surface area contributed by atoms with E-state index in [-0.39, 0.29) is 0 Å². The summed E-state index contributed by atoms with van der Waals surface area (Å²) in [5.41, 5.74) is 0. The van der Waals surface area contributed by atoms with E-state index in [2.05, 4.69) is 34.9 Å². The molecule has 1 aromatic rings. The largest absolute Gasteiger partial charge is 0.333 e. The maximum absolute atomic E-state index is 4.36. The maximum atomic E-state index is 4.36. The summed E-state index contributed by atoms with van der Waals surface area (Å²) in [6, 6.07) is 0.648. The minimum atomic E-state index is 0.648. The van der Waals surface area contributed by atoms with Gasteiger partial charge in [-0.25, -0.2) is 4.98 Å². The van der Waals surface area contributed by atoms with E-state index < -0.39 is 0 Å². The van der Waals surface area contributed by atoms with Gasteiger partial charge in [-0.15, -0.1) is 0 Å². The summed E-state index contributed by atoms with van der Waals surface area (Å²) in [5.74, 6) is 2.11. The van der Waals surface area contributed by atoms with Gasteiger partial charge in [-0.1, -0.05) is 13.8 Å². The van der Waals surface area contributed by atoms with Crippen molar-refractivity contribution in [1.29, 1.82) is 0 Å². The molecule has 1 aliphatic carbocycles. The molecule has 3 heteroatoms. The Morgan fingerprint density at radius 2 is 2.33 bits per heavy atom. The van der Waals surface area contributed by atoms with Crippen LogP contribution in [0.1, 0.15) is 32.5 Å². The second-order valence-corrected chi connectivity index (χ2v) is 4.35. The van der Waals surface area contributed by atoms with Crippen molar-refractivity contribution >= 4 is 0 Å². The number of likely N-dealkylation sites (N-methyl/N-ethyl adjacent to an activating group) is 1. The third-order valence-corrected chi connectivity index (χ3v) is 3.17. The molecule has 0 bridgehead atoms. The molecule has 0 amide bonds. The van der Waals surface area contributed by atoms with Gasteiger partial charge in [0.25, 0.3) is 0 Å². The molecule has 3 nitrogen and oxygen atoms in total. The van der Waals surface area contributed by atoms with Crippen molar-refractivity contribution in [2.24, 2.45) is 5.92 Å². The second-order valence-electron chi connectivity index (χ2n) is 4.35. The zero-order valence-corrected chi connectivity index (χ0v) is 9.74. The second kappa shape index (κ2) is 4.79. The first-order chi connectivity index (χ1) is 7.35. The van der Waals surface area contributed by atoms with E-state index in [1.165, 1.54) is 18.7 Å². The van der Waals surface area contributed by atoms with Gasteiger partial charge >= 0.3 is 0 Å². The Balaban J connectivity index is 1.98. The number of aryl methyl sites for hydroxylation is 1. The minimum absolute atomic E-state index is 0.648. The molecule has 0 radical (unpaired) electrons. The summed E-state index contributed by atoms with van der Waals surface area (Å²) in [6.45, 7) is 6.50. The number of nitrogens with one attached hydrogen (secondary N) is 1. The van der Waals surface area contributed by atoms with Crippen molar-refractivity contribution in [3.8, 4) is 0 Å². The number of hydrogen-bond donors (Lipinski definition) is 1. The molecule has 0 spiro atoms. The topological polar surface area (TPSA) is 29.9 Å². The normalized spacial score (nSPS) is 18.0. The van der Waals surface area contributed by atoms with E-state index >= 15 is 0 Å². The van der Waals surface area contributed by atoms with Crippen molar-refractivity contribution in [2.75, 3.05) is 6.54 Å². The van der Waals surface area contributed by atoms with Crippen LogP contribution in [0.3, 0.4) is 0 Å². The third kappa shape index (κ3) is 2.59. The molecule has 1 N–H and O–H groups in total. The van der Waals surface area contributed by atoms with Crippen LogP contribution < -0.4 is 5.32 Å². The minimum Gasteiger partial charge on any atom is -0.333 e. The van der Waals surface area contributed by atoms with Crippen LogP contribution in [0.2, 0.25) is 0 Å². The highest BCUT2D eigenvalue weighted by atomic mass is 15.1. The van der Waals surface area contributed by atoms with E-state index in [9.17, 15) is 0 Å². The highest BCUT2D eigenvalue weighted by Crippen LogP contribution is 2.33. The van der Waals surface area contributed by atoms with Crippen LogP contribution >= 0.6 is 0 Å². The van der Waals surface area contributed by atoms with Gasteiger partial charge in [-0.05, 0) is 25.3 Å². The molecule has 1 fully saturated rings. The number of rotatable bonds is 6. The van der Waals surface area contributed by atoms with Crippen LogP contribution in [0.4, 0.5) is 0 Å². The molecule has 0 aromatic carbocycles. The molecule has 1 atom stereocenters.